The number of alkyl halides is 3. The molecular formula is C20H18F3N3OS. The first-order valence-electron chi connectivity index (χ1n) is 9.04. The first-order chi connectivity index (χ1) is 13.4. The van der Waals surface area contributed by atoms with Gasteiger partial charge in [-0.05, 0) is 61.0 Å². The number of carbonyl (C=O) groups excluding carboxylic acids is 1. The van der Waals surface area contributed by atoms with E-state index in [1.807, 2.05) is 4.90 Å². The number of amides is 1. The van der Waals surface area contributed by atoms with Gasteiger partial charge in [-0.1, -0.05) is 6.07 Å². The molecule has 1 saturated heterocycles. The van der Waals surface area contributed by atoms with Gasteiger partial charge in [-0.3, -0.25) is 4.79 Å². The summed E-state index contributed by atoms with van der Waals surface area (Å²) >= 11 is 1.35. The molecule has 0 radical (unpaired) electrons. The second-order valence-corrected chi connectivity index (χ2v) is 7.65. The quantitative estimate of drug-likeness (QED) is 0.597. The molecule has 1 aromatic carbocycles. The number of likely N-dealkylation sites (tertiary alicyclic amines) is 1. The van der Waals surface area contributed by atoms with Crippen LogP contribution in [-0.4, -0.2) is 33.7 Å². The first kappa shape index (κ1) is 18.7. The van der Waals surface area contributed by atoms with Crippen LogP contribution in [0.25, 0.3) is 16.3 Å². The van der Waals surface area contributed by atoms with Crippen LogP contribution in [0.3, 0.4) is 0 Å². The molecule has 0 saturated carbocycles. The minimum absolute atomic E-state index is 0.0406. The monoisotopic (exact) mass is 405 g/mol. The zero-order valence-electron chi connectivity index (χ0n) is 14.9. The number of piperidine rings is 1. The molecule has 3 heterocycles. The van der Waals surface area contributed by atoms with Crippen LogP contribution < -0.4 is 0 Å². The van der Waals surface area contributed by atoms with Crippen LogP contribution >= 0.6 is 11.3 Å². The minimum atomic E-state index is -4.53. The highest BCUT2D eigenvalue weighted by molar-refractivity contribution is 7.13. The predicted octanol–water partition coefficient (Wildman–Crippen LogP) is 5.25. The molecule has 1 amide bonds. The predicted molar refractivity (Wildman–Crippen MR) is 102 cm³/mol. The van der Waals surface area contributed by atoms with Gasteiger partial charge in [0.15, 0.2) is 5.69 Å². The van der Waals surface area contributed by atoms with Gasteiger partial charge in [-0.25, -0.2) is 4.68 Å². The first-order valence-corrected chi connectivity index (χ1v) is 9.92. The molecule has 4 nitrogen and oxygen atoms in total. The van der Waals surface area contributed by atoms with E-state index in [0.29, 0.717) is 21.8 Å². The number of carbonyl (C=O) groups is 1. The van der Waals surface area contributed by atoms with Crippen LogP contribution in [-0.2, 0) is 6.18 Å². The average molecular weight is 405 g/mol. The van der Waals surface area contributed by atoms with Gasteiger partial charge >= 0.3 is 6.18 Å². The second-order valence-electron chi connectivity index (χ2n) is 6.70. The minimum Gasteiger partial charge on any atom is -0.339 e. The van der Waals surface area contributed by atoms with Crippen LogP contribution in [0.1, 0.15) is 35.3 Å². The number of rotatable bonds is 3. The Kier molecular flexibility index (Phi) is 4.97. The van der Waals surface area contributed by atoms with Gasteiger partial charge in [0.1, 0.15) is 0 Å². The fourth-order valence-electron chi connectivity index (χ4n) is 3.34. The summed E-state index contributed by atoms with van der Waals surface area (Å²) in [5, 5.41) is 5.58. The Balaban J connectivity index is 1.67. The Labute approximate surface area is 164 Å². The van der Waals surface area contributed by atoms with Crippen LogP contribution in [0.4, 0.5) is 13.2 Å². The molecule has 0 bridgehead atoms. The number of nitrogens with zero attached hydrogens (tertiary/aromatic N) is 3. The number of thiophene rings is 1. The Morgan fingerprint density at radius 3 is 2.36 bits per heavy atom. The standard InChI is InChI=1S/C20H18F3N3OS/c21-20(22,23)18-13-16(17-5-4-12-28-17)26(24-18)15-8-6-14(7-9-15)19(27)25-10-2-1-3-11-25/h4-9,12-13H,1-3,10-11H2. The van der Waals surface area contributed by atoms with Crippen LogP contribution in [0.15, 0.2) is 47.8 Å². The van der Waals surface area contributed by atoms with E-state index >= 15 is 0 Å². The Morgan fingerprint density at radius 1 is 1.04 bits per heavy atom. The normalized spacial score (nSPS) is 15.0. The molecule has 1 aliphatic rings. The summed E-state index contributed by atoms with van der Waals surface area (Å²) in [5.41, 5.74) is 0.447. The molecular weight excluding hydrogens is 387 g/mol. The van der Waals surface area contributed by atoms with Crippen LogP contribution in [0.2, 0.25) is 0 Å². The SMILES string of the molecule is O=C(c1ccc(-n2nc(C(F)(F)F)cc2-c2cccs2)cc1)N1CCCCC1. The van der Waals surface area contributed by atoms with Gasteiger partial charge in [-0.15, -0.1) is 11.3 Å². The van der Waals surface area contributed by atoms with E-state index in [1.165, 1.54) is 16.0 Å². The molecule has 4 rings (SSSR count). The third-order valence-corrected chi connectivity index (χ3v) is 5.67. The molecule has 0 unspecified atom stereocenters. The molecule has 1 aliphatic heterocycles. The summed E-state index contributed by atoms with van der Waals surface area (Å²) in [7, 11) is 0. The molecule has 146 valence electrons. The van der Waals surface area contributed by atoms with E-state index in [2.05, 4.69) is 5.10 Å². The van der Waals surface area contributed by atoms with Gasteiger partial charge in [-0.2, -0.15) is 18.3 Å². The second kappa shape index (κ2) is 7.43. The zero-order chi connectivity index (χ0) is 19.7. The van der Waals surface area contributed by atoms with Crippen molar-refractivity contribution < 1.29 is 18.0 Å². The van der Waals surface area contributed by atoms with E-state index in [-0.39, 0.29) is 5.91 Å². The molecule has 3 aromatic rings. The van der Waals surface area contributed by atoms with Crippen molar-refractivity contribution in [3.05, 3.63) is 59.1 Å². The van der Waals surface area contributed by atoms with Crippen molar-refractivity contribution in [3.63, 3.8) is 0 Å². The number of hydrogen-bond acceptors (Lipinski definition) is 3. The number of hydrogen-bond donors (Lipinski definition) is 0. The van der Waals surface area contributed by atoms with E-state index in [9.17, 15) is 18.0 Å². The Hall–Kier alpha value is -2.61. The fraction of sp³-hybridized carbons (Fsp3) is 0.300. The Morgan fingerprint density at radius 2 is 1.75 bits per heavy atom. The summed E-state index contributed by atoms with van der Waals surface area (Å²) in [6.07, 6.45) is -1.39. The van der Waals surface area contributed by atoms with Gasteiger partial charge < -0.3 is 4.90 Å². The summed E-state index contributed by atoms with van der Waals surface area (Å²) in [4.78, 5) is 15.1. The highest BCUT2D eigenvalue weighted by Crippen LogP contribution is 2.34. The van der Waals surface area contributed by atoms with Crippen molar-refractivity contribution in [3.8, 4) is 16.3 Å². The third kappa shape index (κ3) is 3.69. The lowest BCUT2D eigenvalue weighted by atomic mass is 10.1. The molecule has 0 aliphatic carbocycles. The topological polar surface area (TPSA) is 38.1 Å². The smallest absolute Gasteiger partial charge is 0.339 e. The summed E-state index contributed by atoms with van der Waals surface area (Å²) in [6, 6.07) is 11.2. The Bertz CT molecular complexity index is 956. The van der Waals surface area contributed by atoms with Gasteiger partial charge in [0, 0.05) is 18.7 Å². The molecule has 8 heteroatoms. The lowest BCUT2D eigenvalue weighted by Gasteiger charge is -2.26. The van der Waals surface area contributed by atoms with Crippen molar-refractivity contribution in [2.75, 3.05) is 13.1 Å². The van der Waals surface area contributed by atoms with Crippen molar-refractivity contribution in [1.82, 2.24) is 14.7 Å². The molecule has 0 spiro atoms. The van der Waals surface area contributed by atoms with E-state index < -0.39 is 11.9 Å². The average Bonchev–Trinajstić information content (AvgIpc) is 3.37. The van der Waals surface area contributed by atoms with Gasteiger partial charge in [0.25, 0.3) is 5.91 Å². The summed E-state index contributed by atoms with van der Waals surface area (Å²) in [6.45, 7) is 1.49. The molecule has 2 aromatic heterocycles. The lowest BCUT2D eigenvalue weighted by molar-refractivity contribution is -0.141. The highest BCUT2D eigenvalue weighted by Gasteiger charge is 2.35. The molecule has 0 atom stereocenters. The maximum absolute atomic E-state index is 13.2. The van der Waals surface area contributed by atoms with E-state index in [0.717, 1.165) is 38.4 Å². The van der Waals surface area contributed by atoms with E-state index in [1.54, 1.807) is 41.8 Å². The highest BCUT2D eigenvalue weighted by atomic mass is 32.1. The van der Waals surface area contributed by atoms with E-state index in [4.69, 9.17) is 0 Å². The lowest BCUT2D eigenvalue weighted by Crippen LogP contribution is -2.35. The number of aromatic nitrogens is 2. The van der Waals surface area contributed by atoms with Crippen molar-refractivity contribution in [2.45, 2.75) is 25.4 Å². The van der Waals surface area contributed by atoms with Crippen molar-refractivity contribution in [1.29, 1.82) is 0 Å². The largest absolute Gasteiger partial charge is 0.435 e. The molecule has 1 fully saturated rings. The number of halogens is 3. The van der Waals surface area contributed by atoms with Crippen molar-refractivity contribution >= 4 is 17.2 Å². The fourth-order valence-corrected chi connectivity index (χ4v) is 4.07. The third-order valence-electron chi connectivity index (χ3n) is 4.78. The summed E-state index contributed by atoms with van der Waals surface area (Å²) < 4.78 is 40.9. The summed E-state index contributed by atoms with van der Waals surface area (Å²) in [5.74, 6) is -0.0406. The van der Waals surface area contributed by atoms with Crippen LogP contribution in [0, 0.1) is 0 Å². The molecule has 28 heavy (non-hydrogen) atoms. The maximum Gasteiger partial charge on any atom is 0.435 e. The number of benzene rings is 1. The van der Waals surface area contributed by atoms with Crippen LogP contribution in [0.5, 0.6) is 0 Å². The van der Waals surface area contributed by atoms with Gasteiger partial charge in [0.2, 0.25) is 0 Å². The zero-order valence-corrected chi connectivity index (χ0v) is 15.8. The van der Waals surface area contributed by atoms with Gasteiger partial charge in [0.05, 0.1) is 16.3 Å². The molecule has 0 N–H and O–H groups in total. The maximum atomic E-state index is 13.2. The van der Waals surface area contributed by atoms with Crippen molar-refractivity contribution in [2.24, 2.45) is 0 Å².